The minimum Gasteiger partial charge on any atom is -0.393 e. The lowest BCUT2D eigenvalue weighted by Crippen LogP contribution is -2.34. The monoisotopic (exact) mass is 338 g/mol. The van der Waals surface area contributed by atoms with E-state index in [1.54, 1.807) is 12.2 Å². The number of nitrogens with one attached hydrogen (secondary N) is 1. The molecule has 2 atom stereocenters. The Bertz CT molecular complexity index is 649. The molecular formula is C17H26N2O5. The van der Waals surface area contributed by atoms with Gasteiger partial charge in [-0.3, -0.25) is 14.3 Å². The van der Waals surface area contributed by atoms with Gasteiger partial charge in [-0.05, 0) is 12.5 Å². The summed E-state index contributed by atoms with van der Waals surface area (Å²) in [6.45, 7) is 2.76. The largest absolute Gasteiger partial charge is 0.393 e. The average Bonchev–Trinajstić information content (AvgIpc) is 3.04. The summed E-state index contributed by atoms with van der Waals surface area (Å²) >= 11 is 0. The van der Waals surface area contributed by atoms with Gasteiger partial charge in [0.15, 0.2) is 6.23 Å². The number of hydrogen-bond donors (Lipinski definition) is 2. The van der Waals surface area contributed by atoms with Crippen molar-refractivity contribution in [3.63, 3.8) is 0 Å². The van der Waals surface area contributed by atoms with Crippen LogP contribution in [0.4, 0.5) is 0 Å². The van der Waals surface area contributed by atoms with Crippen LogP contribution >= 0.6 is 0 Å². The highest BCUT2D eigenvalue weighted by atomic mass is 16.5. The molecule has 7 heteroatoms. The maximum Gasteiger partial charge on any atom is 0.330 e. The summed E-state index contributed by atoms with van der Waals surface area (Å²) in [7, 11) is 0. The molecule has 1 aromatic rings. The van der Waals surface area contributed by atoms with Crippen molar-refractivity contribution >= 4 is 0 Å². The number of hydrogen-bond acceptors (Lipinski definition) is 5. The van der Waals surface area contributed by atoms with Gasteiger partial charge in [0.1, 0.15) is 6.10 Å². The quantitative estimate of drug-likeness (QED) is 0.498. The Labute approximate surface area is 140 Å². The van der Waals surface area contributed by atoms with Crippen LogP contribution in [0.15, 0.2) is 27.9 Å². The van der Waals surface area contributed by atoms with Crippen LogP contribution in [0.3, 0.4) is 0 Å². The first kappa shape index (κ1) is 18.6. The lowest BCUT2D eigenvalue weighted by atomic mass is 10.2. The van der Waals surface area contributed by atoms with Gasteiger partial charge in [-0.15, -0.1) is 0 Å². The second kappa shape index (κ2) is 9.56. The first-order valence-corrected chi connectivity index (χ1v) is 8.52. The zero-order valence-corrected chi connectivity index (χ0v) is 14.1. The minimum absolute atomic E-state index is 0.154. The molecule has 1 aliphatic rings. The highest BCUT2D eigenvalue weighted by Crippen LogP contribution is 2.19. The third-order valence-electron chi connectivity index (χ3n) is 3.95. The highest BCUT2D eigenvalue weighted by molar-refractivity contribution is 5.07. The van der Waals surface area contributed by atoms with Gasteiger partial charge in [0.2, 0.25) is 0 Å². The molecule has 0 aliphatic carbocycles. The summed E-state index contributed by atoms with van der Waals surface area (Å²) in [6, 6.07) is 0. The van der Waals surface area contributed by atoms with E-state index in [0.29, 0.717) is 12.2 Å². The number of aliphatic hydroxyl groups excluding tert-OH is 1. The second-order valence-corrected chi connectivity index (χ2v) is 5.92. The Morgan fingerprint density at radius 2 is 2.04 bits per heavy atom. The number of nitrogens with zero attached hydrogens (tertiary/aromatic N) is 1. The Hall–Kier alpha value is -1.70. The molecule has 134 valence electrons. The zero-order chi connectivity index (χ0) is 17.4. The zero-order valence-electron chi connectivity index (χ0n) is 14.1. The van der Waals surface area contributed by atoms with Crippen LogP contribution in [-0.4, -0.2) is 34.0 Å². The summed E-state index contributed by atoms with van der Waals surface area (Å²) < 4.78 is 12.3. The fourth-order valence-corrected chi connectivity index (χ4v) is 2.56. The number of aromatic nitrogens is 2. The van der Waals surface area contributed by atoms with Crippen LogP contribution in [0.1, 0.15) is 50.8 Å². The van der Waals surface area contributed by atoms with Crippen molar-refractivity contribution in [2.45, 2.75) is 58.0 Å². The molecule has 24 heavy (non-hydrogen) atoms. The molecule has 1 aromatic heterocycles. The Morgan fingerprint density at radius 1 is 1.25 bits per heavy atom. The molecule has 7 nitrogen and oxygen atoms in total. The highest BCUT2D eigenvalue weighted by Gasteiger charge is 2.21. The van der Waals surface area contributed by atoms with Gasteiger partial charge in [0.05, 0.1) is 18.8 Å². The van der Waals surface area contributed by atoms with E-state index in [1.165, 1.54) is 30.0 Å². The number of aliphatic hydroxyl groups is 1. The molecule has 0 amide bonds. The van der Waals surface area contributed by atoms with Crippen LogP contribution < -0.4 is 11.2 Å². The summed E-state index contributed by atoms with van der Waals surface area (Å²) in [5, 5.41) is 9.08. The molecule has 0 bridgehead atoms. The van der Waals surface area contributed by atoms with Crippen LogP contribution in [0.25, 0.3) is 0 Å². The van der Waals surface area contributed by atoms with Gasteiger partial charge < -0.3 is 14.6 Å². The van der Waals surface area contributed by atoms with E-state index in [2.05, 4.69) is 11.9 Å². The fourth-order valence-electron chi connectivity index (χ4n) is 2.56. The number of rotatable bonds is 10. The van der Waals surface area contributed by atoms with Crippen molar-refractivity contribution < 1.29 is 14.6 Å². The summed E-state index contributed by atoms with van der Waals surface area (Å²) in [4.78, 5) is 26.1. The molecule has 0 spiro atoms. The maximum atomic E-state index is 11.9. The predicted molar refractivity (Wildman–Crippen MR) is 89.9 cm³/mol. The fraction of sp³-hybridized carbons (Fsp3) is 0.647. The SMILES string of the molecule is CCCCCCCOCc1cn([C@H]2C=C[C@@H](CO)O2)c(=O)[nH]c1=O. The molecule has 0 radical (unpaired) electrons. The maximum absolute atomic E-state index is 11.9. The van der Waals surface area contributed by atoms with Crippen LogP contribution in [-0.2, 0) is 16.1 Å². The lowest BCUT2D eigenvalue weighted by Gasteiger charge is -2.15. The summed E-state index contributed by atoms with van der Waals surface area (Å²) in [5.74, 6) is 0. The van der Waals surface area contributed by atoms with Crippen molar-refractivity contribution in [2.75, 3.05) is 13.2 Å². The van der Waals surface area contributed by atoms with E-state index in [0.717, 1.165) is 12.8 Å². The Balaban J connectivity index is 1.91. The summed E-state index contributed by atoms with van der Waals surface area (Å²) in [5.41, 5.74) is -0.605. The van der Waals surface area contributed by atoms with E-state index < -0.39 is 23.6 Å². The summed E-state index contributed by atoms with van der Waals surface area (Å²) in [6.07, 6.45) is 9.48. The number of aromatic amines is 1. The predicted octanol–water partition coefficient (Wildman–Crippen LogP) is 1.47. The van der Waals surface area contributed by atoms with E-state index in [-0.39, 0.29) is 13.2 Å². The van der Waals surface area contributed by atoms with Gasteiger partial charge in [-0.2, -0.15) is 0 Å². The Kier molecular flexibility index (Phi) is 7.42. The third-order valence-corrected chi connectivity index (χ3v) is 3.95. The normalized spacial score (nSPS) is 19.9. The second-order valence-electron chi connectivity index (χ2n) is 5.92. The van der Waals surface area contributed by atoms with Crippen molar-refractivity contribution in [2.24, 2.45) is 0 Å². The molecular weight excluding hydrogens is 312 g/mol. The molecule has 0 aromatic carbocycles. The minimum atomic E-state index is -0.626. The molecule has 2 N–H and O–H groups in total. The standard InChI is InChI=1S/C17H26N2O5/c1-2-3-4-5-6-9-23-12-13-10-19(17(22)18-16(13)21)15-8-7-14(11-20)24-15/h7-8,10,14-15,20H,2-6,9,11-12H2,1H3,(H,18,21,22)/t14-,15+/m0/s1. The first-order valence-electron chi connectivity index (χ1n) is 8.52. The van der Waals surface area contributed by atoms with Gasteiger partial charge in [0.25, 0.3) is 5.56 Å². The van der Waals surface area contributed by atoms with Crippen LogP contribution in [0.5, 0.6) is 0 Å². The van der Waals surface area contributed by atoms with Crippen molar-refractivity contribution in [3.05, 3.63) is 44.8 Å². The molecule has 0 saturated carbocycles. The van der Waals surface area contributed by atoms with E-state index in [1.807, 2.05) is 0 Å². The van der Waals surface area contributed by atoms with Crippen molar-refractivity contribution in [1.82, 2.24) is 9.55 Å². The number of ether oxygens (including phenoxy) is 2. The van der Waals surface area contributed by atoms with E-state index in [9.17, 15) is 9.59 Å². The van der Waals surface area contributed by atoms with Gasteiger partial charge in [0, 0.05) is 12.8 Å². The van der Waals surface area contributed by atoms with Gasteiger partial charge >= 0.3 is 5.69 Å². The Morgan fingerprint density at radius 3 is 2.75 bits per heavy atom. The molecule has 2 heterocycles. The third kappa shape index (κ3) is 5.15. The smallest absolute Gasteiger partial charge is 0.330 e. The molecule has 0 unspecified atom stereocenters. The van der Waals surface area contributed by atoms with E-state index in [4.69, 9.17) is 14.6 Å². The van der Waals surface area contributed by atoms with Gasteiger partial charge in [-0.1, -0.05) is 38.7 Å². The van der Waals surface area contributed by atoms with Crippen LogP contribution in [0, 0.1) is 0 Å². The van der Waals surface area contributed by atoms with Crippen molar-refractivity contribution in [3.8, 4) is 0 Å². The molecule has 1 aliphatic heterocycles. The van der Waals surface area contributed by atoms with Crippen LogP contribution in [0.2, 0.25) is 0 Å². The molecule has 0 saturated heterocycles. The van der Waals surface area contributed by atoms with E-state index >= 15 is 0 Å². The first-order chi connectivity index (χ1) is 11.7. The number of unbranched alkanes of at least 4 members (excludes halogenated alkanes) is 4. The topological polar surface area (TPSA) is 93.6 Å². The molecule has 2 rings (SSSR count). The number of H-pyrrole nitrogens is 1. The van der Waals surface area contributed by atoms with Crippen molar-refractivity contribution in [1.29, 1.82) is 0 Å². The molecule has 0 fully saturated rings. The lowest BCUT2D eigenvalue weighted by molar-refractivity contribution is -0.0107. The van der Waals surface area contributed by atoms with Gasteiger partial charge in [-0.25, -0.2) is 4.79 Å². The average molecular weight is 338 g/mol.